The Morgan fingerprint density at radius 2 is 2.28 bits per heavy atom. The molecule has 1 saturated heterocycles. The second kappa shape index (κ2) is 7.00. The summed E-state index contributed by atoms with van der Waals surface area (Å²) in [7, 11) is 0. The molecule has 1 aliphatic rings. The Balaban J connectivity index is 1.59. The quantitative estimate of drug-likeness (QED) is 0.857. The van der Waals surface area contributed by atoms with Gasteiger partial charge in [0.25, 0.3) is 0 Å². The van der Waals surface area contributed by atoms with Crippen molar-refractivity contribution in [2.45, 2.75) is 6.42 Å². The molecule has 9 nitrogen and oxygen atoms in total. The number of amides is 2. The topological polar surface area (TPSA) is 132 Å². The summed E-state index contributed by atoms with van der Waals surface area (Å²) in [5.74, 6) is -0.468. The Morgan fingerprint density at radius 3 is 3.00 bits per heavy atom. The van der Waals surface area contributed by atoms with Crippen LogP contribution in [0.5, 0.6) is 0 Å². The van der Waals surface area contributed by atoms with Crippen LogP contribution in [0.15, 0.2) is 28.7 Å². The number of aromatic nitrogens is 2. The van der Waals surface area contributed by atoms with Gasteiger partial charge in [-0.2, -0.15) is 5.26 Å². The summed E-state index contributed by atoms with van der Waals surface area (Å²) < 4.78 is 5.36. The lowest BCUT2D eigenvalue weighted by molar-refractivity contribution is 0.0913. The first kappa shape index (κ1) is 16.4. The lowest BCUT2D eigenvalue weighted by Gasteiger charge is -2.12. The lowest BCUT2D eigenvalue weighted by atomic mass is 10.1. The molecule has 1 atom stereocenters. The van der Waals surface area contributed by atoms with E-state index < -0.39 is 12.0 Å². The number of hydrogen-bond donors (Lipinski definition) is 2. The summed E-state index contributed by atoms with van der Waals surface area (Å²) in [5, 5.41) is 28.1. The van der Waals surface area contributed by atoms with Crippen LogP contribution >= 0.6 is 0 Å². The number of nitrogens with one attached hydrogen (secondary N) is 1. The molecule has 0 radical (unpaired) electrons. The molecule has 0 spiro atoms. The highest BCUT2D eigenvalue weighted by Gasteiger charge is 2.26. The van der Waals surface area contributed by atoms with Gasteiger partial charge in [-0.15, -0.1) is 10.2 Å². The smallest absolute Gasteiger partial charge is 0.407 e. The number of benzene rings is 1. The van der Waals surface area contributed by atoms with Crippen LogP contribution in [0.25, 0.3) is 11.5 Å². The number of rotatable bonds is 4. The van der Waals surface area contributed by atoms with Crippen molar-refractivity contribution in [2.75, 3.05) is 19.6 Å². The molecule has 3 rings (SSSR count). The molecular formula is C16H15N5O4. The SMILES string of the molecule is N#Cc1cccc(-c2nnc(C(=O)NC[C@H]3CCN(C(=O)O)C3)o2)c1. The summed E-state index contributed by atoms with van der Waals surface area (Å²) in [5.41, 5.74) is 1.00. The zero-order valence-electron chi connectivity index (χ0n) is 13.2. The highest BCUT2D eigenvalue weighted by Crippen LogP contribution is 2.19. The van der Waals surface area contributed by atoms with E-state index >= 15 is 0 Å². The summed E-state index contributed by atoms with van der Waals surface area (Å²) in [4.78, 5) is 24.3. The number of carbonyl (C=O) groups is 2. The molecule has 1 fully saturated rings. The number of nitrogens with zero attached hydrogens (tertiary/aromatic N) is 4. The molecular weight excluding hydrogens is 326 g/mol. The molecule has 0 unspecified atom stereocenters. The fraction of sp³-hybridized carbons (Fsp3) is 0.312. The van der Waals surface area contributed by atoms with Crippen molar-refractivity contribution < 1.29 is 19.1 Å². The standard InChI is InChI=1S/C16H15N5O4/c17-7-10-2-1-3-12(6-10)14-19-20-15(25-14)13(22)18-8-11-4-5-21(9-11)16(23)24/h1-3,6,11H,4-5,8-9H2,(H,18,22)(H,23,24)/t11-/m1/s1. The fourth-order valence-corrected chi connectivity index (χ4v) is 2.64. The monoisotopic (exact) mass is 341 g/mol. The fourth-order valence-electron chi connectivity index (χ4n) is 2.64. The van der Waals surface area contributed by atoms with Crippen molar-refractivity contribution in [3.05, 3.63) is 35.7 Å². The van der Waals surface area contributed by atoms with E-state index in [1.807, 2.05) is 6.07 Å². The molecule has 2 N–H and O–H groups in total. The Hall–Kier alpha value is -3.41. The van der Waals surface area contributed by atoms with Crippen LogP contribution in [-0.4, -0.2) is 51.8 Å². The van der Waals surface area contributed by atoms with Crippen LogP contribution in [0.1, 0.15) is 22.7 Å². The first-order chi connectivity index (χ1) is 12.1. The van der Waals surface area contributed by atoms with E-state index in [2.05, 4.69) is 15.5 Å². The van der Waals surface area contributed by atoms with Gasteiger partial charge in [-0.3, -0.25) is 4.79 Å². The second-order valence-corrected chi connectivity index (χ2v) is 5.70. The highest BCUT2D eigenvalue weighted by molar-refractivity contribution is 5.89. The third-order valence-electron chi connectivity index (χ3n) is 3.97. The minimum Gasteiger partial charge on any atom is -0.465 e. The van der Waals surface area contributed by atoms with Crippen molar-refractivity contribution in [3.63, 3.8) is 0 Å². The van der Waals surface area contributed by atoms with Crippen molar-refractivity contribution in [1.82, 2.24) is 20.4 Å². The Kier molecular flexibility index (Phi) is 4.61. The van der Waals surface area contributed by atoms with E-state index in [9.17, 15) is 9.59 Å². The van der Waals surface area contributed by atoms with Crippen LogP contribution in [0.3, 0.4) is 0 Å². The molecule has 1 aromatic heterocycles. The predicted molar refractivity (Wildman–Crippen MR) is 84.5 cm³/mol. The van der Waals surface area contributed by atoms with Gasteiger partial charge in [0.2, 0.25) is 5.89 Å². The second-order valence-electron chi connectivity index (χ2n) is 5.70. The third-order valence-corrected chi connectivity index (χ3v) is 3.97. The Bertz CT molecular complexity index is 841. The van der Waals surface area contributed by atoms with Gasteiger partial charge in [-0.05, 0) is 30.5 Å². The minimum absolute atomic E-state index is 0.0646. The molecule has 1 aliphatic heterocycles. The Labute approximate surface area is 142 Å². The summed E-state index contributed by atoms with van der Waals surface area (Å²) in [6, 6.07) is 8.64. The molecule has 2 aromatic rings. The number of nitriles is 1. The number of carboxylic acid groups (broad SMARTS) is 1. The van der Waals surface area contributed by atoms with Gasteiger partial charge in [0, 0.05) is 25.2 Å². The molecule has 25 heavy (non-hydrogen) atoms. The molecule has 0 bridgehead atoms. The van der Waals surface area contributed by atoms with Crippen LogP contribution in [0.2, 0.25) is 0 Å². The van der Waals surface area contributed by atoms with Crippen molar-refractivity contribution >= 4 is 12.0 Å². The van der Waals surface area contributed by atoms with E-state index in [1.54, 1.807) is 24.3 Å². The van der Waals surface area contributed by atoms with Gasteiger partial charge in [-0.1, -0.05) is 6.07 Å². The zero-order chi connectivity index (χ0) is 17.8. The van der Waals surface area contributed by atoms with Gasteiger partial charge >= 0.3 is 17.9 Å². The van der Waals surface area contributed by atoms with Crippen molar-refractivity contribution in [3.8, 4) is 17.5 Å². The largest absolute Gasteiger partial charge is 0.465 e. The lowest BCUT2D eigenvalue weighted by Crippen LogP contribution is -2.32. The summed E-state index contributed by atoms with van der Waals surface area (Å²) in [6.07, 6.45) is -0.252. The number of carbonyl (C=O) groups excluding carboxylic acids is 1. The predicted octanol–water partition coefficient (Wildman–Crippen LogP) is 1.34. The van der Waals surface area contributed by atoms with Crippen LogP contribution in [0.4, 0.5) is 4.79 Å². The van der Waals surface area contributed by atoms with E-state index in [0.29, 0.717) is 37.2 Å². The average molecular weight is 341 g/mol. The normalized spacial score (nSPS) is 16.4. The summed E-state index contributed by atoms with van der Waals surface area (Å²) >= 11 is 0. The number of likely N-dealkylation sites (tertiary alicyclic amines) is 1. The van der Waals surface area contributed by atoms with E-state index in [1.165, 1.54) is 4.90 Å². The van der Waals surface area contributed by atoms with Crippen LogP contribution in [-0.2, 0) is 0 Å². The van der Waals surface area contributed by atoms with Gasteiger partial charge in [-0.25, -0.2) is 4.79 Å². The maximum Gasteiger partial charge on any atom is 0.407 e. The van der Waals surface area contributed by atoms with E-state index in [-0.39, 0.29) is 17.7 Å². The van der Waals surface area contributed by atoms with Gasteiger partial charge in [0.1, 0.15) is 0 Å². The van der Waals surface area contributed by atoms with Gasteiger partial charge < -0.3 is 19.7 Å². The van der Waals surface area contributed by atoms with Gasteiger partial charge in [0.05, 0.1) is 11.6 Å². The maximum absolute atomic E-state index is 12.1. The maximum atomic E-state index is 12.1. The molecule has 0 aliphatic carbocycles. The third kappa shape index (κ3) is 3.74. The van der Waals surface area contributed by atoms with Crippen molar-refractivity contribution in [2.24, 2.45) is 5.92 Å². The molecule has 2 heterocycles. The molecule has 0 saturated carbocycles. The zero-order valence-corrected chi connectivity index (χ0v) is 13.2. The number of hydrogen-bond acceptors (Lipinski definition) is 6. The van der Waals surface area contributed by atoms with E-state index in [0.717, 1.165) is 0 Å². The Morgan fingerprint density at radius 1 is 1.44 bits per heavy atom. The molecule has 9 heteroatoms. The van der Waals surface area contributed by atoms with Crippen LogP contribution < -0.4 is 5.32 Å². The summed E-state index contributed by atoms with van der Waals surface area (Å²) in [6.45, 7) is 1.20. The molecule has 128 valence electrons. The van der Waals surface area contributed by atoms with Crippen molar-refractivity contribution in [1.29, 1.82) is 5.26 Å². The van der Waals surface area contributed by atoms with Crippen LogP contribution in [0, 0.1) is 17.2 Å². The average Bonchev–Trinajstić information content (AvgIpc) is 3.29. The molecule has 2 amide bonds. The van der Waals surface area contributed by atoms with Gasteiger partial charge in [0.15, 0.2) is 0 Å². The molecule has 1 aromatic carbocycles. The minimum atomic E-state index is -0.949. The first-order valence-electron chi connectivity index (χ1n) is 7.67. The first-order valence-corrected chi connectivity index (χ1v) is 7.67. The highest BCUT2D eigenvalue weighted by atomic mass is 16.4. The van der Waals surface area contributed by atoms with E-state index in [4.69, 9.17) is 14.8 Å².